The summed E-state index contributed by atoms with van der Waals surface area (Å²) in [4.78, 5) is 26.1. The summed E-state index contributed by atoms with van der Waals surface area (Å²) >= 11 is 0. The van der Waals surface area contributed by atoms with E-state index in [0.29, 0.717) is 13.1 Å². The molecule has 0 unspecified atom stereocenters. The molecule has 0 spiro atoms. The highest BCUT2D eigenvalue weighted by atomic mass is 16.2. The summed E-state index contributed by atoms with van der Waals surface area (Å²) in [7, 11) is 0. The maximum Gasteiger partial charge on any atom is 0.253 e. The number of rotatable bonds is 4. The van der Waals surface area contributed by atoms with Crippen LogP contribution in [0.25, 0.3) is 11.4 Å². The molecule has 2 aromatic carbocycles. The predicted molar refractivity (Wildman–Crippen MR) is 116 cm³/mol. The molecule has 0 N–H and O–H groups in total. The van der Waals surface area contributed by atoms with Crippen LogP contribution in [0.2, 0.25) is 0 Å². The van der Waals surface area contributed by atoms with Gasteiger partial charge in [0.1, 0.15) is 5.82 Å². The van der Waals surface area contributed by atoms with Crippen molar-refractivity contribution < 1.29 is 4.79 Å². The molecule has 29 heavy (non-hydrogen) atoms. The number of aryl methyl sites for hydroxylation is 2. The van der Waals surface area contributed by atoms with Crippen LogP contribution >= 0.6 is 0 Å². The maximum atomic E-state index is 12.8. The zero-order chi connectivity index (χ0) is 20.2. The molecule has 1 aliphatic heterocycles. The largest absolute Gasteiger partial charge is 0.353 e. The van der Waals surface area contributed by atoms with E-state index in [4.69, 9.17) is 4.98 Å². The van der Waals surface area contributed by atoms with Crippen LogP contribution in [0.5, 0.6) is 0 Å². The molecule has 0 radical (unpaired) electrons. The summed E-state index contributed by atoms with van der Waals surface area (Å²) in [5.74, 6) is 1.75. The van der Waals surface area contributed by atoms with Crippen LogP contribution in [0.3, 0.4) is 0 Å². The van der Waals surface area contributed by atoms with Gasteiger partial charge in [-0.05, 0) is 37.1 Å². The number of carbonyl (C=O) groups excluding carboxylic acids is 1. The van der Waals surface area contributed by atoms with Crippen LogP contribution in [0.15, 0.2) is 60.8 Å². The van der Waals surface area contributed by atoms with Gasteiger partial charge in [-0.2, -0.15) is 0 Å². The number of hydrogen-bond acceptors (Lipinski definition) is 4. The van der Waals surface area contributed by atoms with Crippen LogP contribution in [0.4, 0.5) is 5.82 Å². The highest BCUT2D eigenvalue weighted by molar-refractivity contribution is 5.94. The van der Waals surface area contributed by atoms with E-state index in [-0.39, 0.29) is 5.91 Å². The summed E-state index contributed by atoms with van der Waals surface area (Å²) in [6.07, 6.45) is 2.79. The fourth-order valence-corrected chi connectivity index (χ4v) is 3.57. The predicted octanol–water partition coefficient (Wildman–Crippen LogP) is 3.98. The van der Waals surface area contributed by atoms with Gasteiger partial charge in [-0.15, -0.1) is 0 Å². The Kier molecular flexibility index (Phi) is 5.56. The Morgan fingerprint density at radius 3 is 2.28 bits per heavy atom. The Bertz CT molecular complexity index is 975. The monoisotopic (exact) mass is 386 g/mol. The second-order valence-corrected chi connectivity index (χ2v) is 7.43. The molecular formula is C24H26N4O. The smallest absolute Gasteiger partial charge is 0.253 e. The van der Waals surface area contributed by atoms with Gasteiger partial charge < -0.3 is 9.80 Å². The fourth-order valence-electron chi connectivity index (χ4n) is 3.57. The van der Waals surface area contributed by atoms with Crippen molar-refractivity contribution in [3.05, 3.63) is 77.5 Å². The first-order valence-electron chi connectivity index (χ1n) is 10.2. The molecular weight excluding hydrogens is 360 g/mol. The van der Waals surface area contributed by atoms with Crippen LogP contribution in [-0.4, -0.2) is 47.0 Å². The Balaban J connectivity index is 1.42. The molecule has 3 aromatic rings. The van der Waals surface area contributed by atoms with Crippen molar-refractivity contribution in [2.45, 2.75) is 20.3 Å². The molecule has 1 aromatic heterocycles. The Labute approximate surface area is 172 Å². The number of benzene rings is 2. The molecule has 0 bridgehead atoms. The molecule has 148 valence electrons. The summed E-state index contributed by atoms with van der Waals surface area (Å²) in [5.41, 5.74) is 4.25. The Morgan fingerprint density at radius 2 is 1.62 bits per heavy atom. The lowest BCUT2D eigenvalue weighted by Gasteiger charge is -2.35. The highest BCUT2D eigenvalue weighted by Crippen LogP contribution is 2.20. The van der Waals surface area contributed by atoms with Gasteiger partial charge in [0.25, 0.3) is 5.91 Å². The second-order valence-electron chi connectivity index (χ2n) is 7.43. The van der Waals surface area contributed by atoms with E-state index in [1.165, 1.54) is 11.1 Å². The van der Waals surface area contributed by atoms with E-state index in [1.54, 1.807) is 0 Å². The number of carbonyl (C=O) groups is 1. The number of anilines is 1. The van der Waals surface area contributed by atoms with Crippen molar-refractivity contribution >= 4 is 11.7 Å². The van der Waals surface area contributed by atoms with E-state index >= 15 is 0 Å². The molecule has 4 rings (SSSR count). The third-order valence-electron chi connectivity index (χ3n) is 5.45. The van der Waals surface area contributed by atoms with Crippen molar-refractivity contribution in [1.29, 1.82) is 0 Å². The molecule has 0 aliphatic carbocycles. The van der Waals surface area contributed by atoms with Gasteiger partial charge >= 0.3 is 0 Å². The fraction of sp³-hybridized carbons (Fsp3) is 0.292. The van der Waals surface area contributed by atoms with Gasteiger partial charge in [0, 0.05) is 43.5 Å². The van der Waals surface area contributed by atoms with E-state index in [2.05, 4.69) is 48.0 Å². The zero-order valence-corrected chi connectivity index (χ0v) is 17.0. The Morgan fingerprint density at radius 1 is 0.931 bits per heavy atom. The van der Waals surface area contributed by atoms with Crippen LogP contribution in [0, 0.1) is 6.92 Å². The summed E-state index contributed by atoms with van der Waals surface area (Å²) in [6.45, 7) is 7.11. The van der Waals surface area contributed by atoms with Crippen molar-refractivity contribution in [3.8, 4) is 11.4 Å². The topological polar surface area (TPSA) is 49.3 Å². The van der Waals surface area contributed by atoms with E-state index in [9.17, 15) is 4.79 Å². The molecule has 1 amide bonds. The number of piperazine rings is 1. The standard InChI is InChI=1S/C24H26N4O/c1-3-19-6-10-21(11-7-19)24(29)28-16-14-27(15-17-28)22-12-13-25-23(26-22)20-8-4-18(2)5-9-20/h4-13H,3,14-17H2,1-2H3. The third kappa shape index (κ3) is 4.29. The third-order valence-corrected chi connectivity index (χ3v) is 5.45. The van der Waals surface area contributed by atoms with E-state index in [0.717, 1.165) is 42.3 Å². The molecule has 1 fully saturated rings. The first-order chi connectivity index (χ1) is 14.1. The van der Waals surface area contributed by atoms with Gasteiger partial charge in [0.15, 0.2) is 5.82 Å². The summed E-state index contributed by atoms with van der Waals surface area (Å²) in [5, 5.41) is 0. The second kappa shape index (κ2) is 8.43. The SMILES string of the molecule is CCc1ccc(C(=O)N2CCN(c3ccnc(-c4ccc(C)cc4)n3)CC2)cc1. The molecule has 5 nitrogen and oxygen atoms in total. The van der Waals surface area contributed by atoms with Crippen LogP contribution in [-0.2, 0) is 6.42 Å². The molecule has 2 heterocycles. The van der Waals surface area contributed by atoms with Crippen molar-refractivity contribution in [1.82, 2.24) is 14.9 Å². The molecule has 5 heteroatoms. The van der Waals surface area contributed by atoms with E-state index < -0.39 is 0 Å². The number of aromatic nitrogens is 2. The van der Waals surface area contributed by atoms with Crippen molar-refractivity contribution in [3.63, 3.8) is 0 Å². The number of amides is 1. The highest BCUT2D eigenvalue weighted by Gasteiger charge is 2.23. The van der Waals surface area contributed by atoms with Crippen LogP contribution < -0.4 is 4.90 Å². The first kappa shape index (κ1) is 19.1. The van der Waals surface area contributed by atoms with Gasteiger partial charge in [-0.1, -0.05) is 48.9 Å². The molecule has 1 saturated heterocycles. The number of hydrogen-bond donors (Lipinski definition) is 0. The lowest BCUT2D eigenvalue weighted by molar-refractivity contribution is 0.0746. The summed E-state index contributed by atoms with van der Waals surface area (Å²) in [6, 6.07) is 18.1. The average molecular weight is 386 g/mol. The molecule has 0 saturated carbocycles. The van der Waals surface area contributed by atoms with Gasteiger partial charge in [-0.25, -0.2) is 9.97 Å². The van der Waals surface area contributed by atoms with Crippen LogP contribution in [0.1, 0.15) is 28.4 Å². The zero-order valence-electron chi connectivity index (χ0n) is 17.0. The minimum atomic E-state index is 0.107. The lowest BCUT2D eigenvalue weighted by atomic mass is 10.1. The number of nitrogens with zero attached hydrogens (tertiary/aromatic N) is 4. The normalized spacial score (nSPS) is 14.1. The minimum Gasteiger partial charge on any atom is -0.353 e. The molecule has 1 aliphatic rings. The van der Waals surface area contributed by atoms with Gasteiger partial charge in [0.2, 0.25) is 0 Å². The average Bonchev–Trinajstić information content (AvgIpc) is 2.79. The van der Waals surface area contributed by atoms with Gasteiger partial charge in [-0.3, -0.25) is 4.79 Å². The van der Waals surface area contributed by atoms with Gasteiger partial charge in [0.05, 0.1) is 0 Å². The first-order valence-corrected chi connectivity index (χ1v) is 10.2. The lowest BCUT2D eigenvalue weighted by Crippen LogP contribution is -2.49. The minimum absolute atomic E-state index is 0.107. The van der Waals surface area contributed by atoms with Crippen molar-refractivity contribution in [2.75, 3.05) is 31.1 Å². The van der Waals surface area contributed by atoms with Crippen molar-refractivity contribution in [2.24, 2.45) is 0 Å². The Hall–Kier alpha value is -3.21. The quantitative estimate of drug-likeness (QED) is 0.681. The molecule has 0 atom stereocenters. The summed E-state index contributed by atoms with van der Waals surface area (Å²) < 4.78 is 0. The maximum absolute atomic E-state index is 12.8. The van der Waals surface area contributed by atoms with E-state index in [1.807, 2.05) is 41.4 Å².